The largest absolute Gasteiger partial charge is 0.370 e. The van der Waals surface area contributed by atoms with Crippen LogP contribution >= 0.6 is 0 Å². The summed E-state index contributed by atoms with van der Waals surface area (Å²) in [4.78, 5) is 21.4. The molecule has 0 spiro atoms. The Hall–Kier alpha value is -1.58. The molecule has 2 amide bonds. The van der Waals surface area contributed by atoms with Crippen LogP contribution < -0.4 is 11.5 Å². The van der Waals surface area contributed by atoms with Crippen molar-refractivity contribution in [3.05, 3.63) is 24.3 Å². The van der Waals surface area contributed by atoms with E-state index in [0.717, 1.165) is 31.6 Å². The number of hydrogen-bond donors (Lipinski definition) is 2. The van der Waals surface area contributed by atoms with E-state index in [1.165, 1.54) is 135 Å². The number of allylic oxidation sites excluding steroid dienone is 4. The molecule has 4 heteroatoms. The maximum absolute atomic E-state index is 10.7. The van der Waals surface area contributed by atoms with Crippen molar-refractivity contribution < 1.29 is 9.59 Å². The van der Waals surface area contributed by atoms with Crippen LogP contribution in [0.5, 0.6) is 0 Å². The highest BCUT2D eigenvalue weighted by Gasteiger charge is 2.05. The lowest BCUT2D eigenvalue weighted by Gasteiger charge is -2.14. The molecule has 0 heterocycles. The summed E-state index contributed by atoms with van der Waals surface area (Å²) < 4.78 is 0. The lowest BCUT2D eigenvalue weighted by Crippen LogP contribution is -2.09. The average molecular weight is 547 g/mol. The van der Waals surface area contributed by atoms with Gasteiger partial charge in [-0.2, -0.15) is 0 Å². The molecule has 39 heavy (non-hydrogen) atoms. The van der Waals surface area contributed by atoms with Crippen LogP contribution in [0.2, 0.25) is 0 Å². The van der Waals surface area contributed by atoms with Crippen molar-refractivity contribution in [1.82, 2.24) is 0 Å². The average Bonchev–Trinajstić information content (AvgIpc) is 2.91. The summed E-state index contributed by atoms with van der Waals surface area (Å²) in [5, 5.41) is 0. The second-order valence-electron chi connectivity index (χ2n) is 11.7. The van der Waals surface area contributed by atoms with E-state index in [-0.39, 0.29) is 11.8 Å². The number of nitrogens with two attached hydrogens (primary N) is 2. The molecule has 0 radical (unpaired) electrons. The smallest absolute Gasteiger partial charge is 0.217 e. The van der Waals surface area contributed by atoms with Gasteiger partial charge in [0, 0.05) is 12.8 Å². The summed E-state index contributed by atoms with van der Waals surface area (Å²) in [5.41, 5.74) is 10.3. The Morgan fingerprint density at radius 3 is 1.05 bits per heavy atom. The second-order valence-corrected chi connectivity index (χ2v) is 11.7. The zero-order valence-corrected chi connectivity index (χ0v) is 25.9. The quantitative estimate of drug-likeness (QED) is 0.0669. The lowest BCUT2D eigenvalue weighted by atomic mass is 9.92. The maximum Gasteiger partial charge on any atom is 0.217 e. The minimum atomic E-state index is -0.167. The summed E-state index contributed by atoms with van der Waals surface area (Å²) in [6, 6.07) is 0. The highest BCUT2D eigenvalue weighted by atomic mass is 16.1. The molecule has 0 saturated carbocycles. The zero-order valence-electron chi connectivity index (χ0n) is 25.9. The van der Waals surface area contributed by atoms with E-state index in [1.807, 2.05) is 0 Å². The maximum atomic E-state index is 10.7. The van der Waals surface area contributed by atoms with Gasteiger partial charge in [-0.3, -0.25) is 9.59 Å². The van der Waals surface area contributed by atoms with Crippen LogP contribution in [0.3, 0.4) is 0 Å². The van der Waals surface area contributed by atoms with Gasteiger partial charge in [-0.05, 0) is 70.1 Å². The van der Waals surface area contributed by atoms with Crippen LogP contribution in [0, 0.1) is 5.92 Å². The molecule has 0 aromatic heterocycles. The molecule has 0 rings (SSSR count). The van der Waals surface area contributed by atoms with Gasteiger partial charge in [0.2, 0.25) is 11.8 Å². The van der Waals surface area contributed by atoms with Crippen molar-refractivity contribution in [3.63, 3.8) is 0 Å². The number of hydrogen-bond acceptors (Lipinski definition) is 2. The van der Waals surface area contributed by atoms with Gasteiger partial charge in [0.05, 0.1) is 0 Å². The fourth-order valence-electron chi connectivity index (χ4n) is 5.30. The third-order valence-electron chi connectivity index (χ3n) is 7.96. The van der Waals surface area contributed by atoms with E-state index < -0.39 is 0 Å². The van der Waals surface area contributed by atoms with Crippen LogP contribution in [0.1, 0.15) is 180 Å². The monoisotopic (exact) mass is 547 g/mol. The van der Waals surface area contributed by atoms with Gasteiger partial charge in [-0.1, -0.05) is 128 Å². The number of carbonyl (C=O) groups excluding carboxylic acids is 2. The van der Waals surface area contributed by atoms with Crippen molar-refractivity contribution >= 4 is 11.8 Å². The van der Waals surface area contributed by atoms with Crippen molar-refractivity contribution in [1.29, 1.82) is 0 Å². The summed E-state index contributed by atoms with van der Waals surface area (Å²) in [7, 11) is 0. The van der Waals surface area contributed by atoms with E-state index in [1.54, 1.807) is 0 Å². The second kappa shape index (κ2) is 31.0. The molecule has 0 unspecified atom stereocenters. The van der Waals surface area contributed by atoms with E-state index in [9.17, 15) is 9.59 Å². The Bertz CT molecular complexity index is 549. The highest BCUT2D eigenvalue weighted by molar-refractivity contribution is 5.73. The van der Waals surface area contributed by atoms with Crippen LogP contribution in [0.25, 0.3) is 0 Å². The first kappa shape index (κ1) is 37.4. The number of primary amides is 2. The number of carbonyl (C=O) groups is 2. The van der Waals surface area contributed by atoms with Gasteiger partial charge in [-0.25, -0.2) is 0 Å². The zero-order chi connectivity index (χ0) is 28.7. The molecule has 0 aliphatic heterocycles. The highest BCUT2D eigenvalue weighted by Crippen LogP contribution is 2.21. The van der Waals surface area contributed by atoms with Crippen LogP contribution in [0.4, 0.5) is 0 Å². The van der Waals surface area contributed by atoms with Gasteiger partial charge >= 0.3 is 0 Å². The van der Waals surface area contributed by atoms with Crippen molar-refractivity contribution in [2.24, 2.45) is 17.4 Å². The number of amides is 2. The third kappa shape index (κ3) is 32.5. The van der Waals surface area contributed by atoms with E-state index in [2.05, 4.69) is 31.2 Å². The lowest BCUT2D eigenvalue weighted by molar-refractivity contribution is -0.119. The van der Waals surface area contributed by atoms with Gasteiger partial charge in [0.1, 0.15) is 0 Å². The Morgan fingerprint density at radius 2 is 0.744 bits per heavy atom. The van der Waals surface area contributed by atoms with Gasteiger partial charge in [-0.15, -0.1) is 0 Å². The Morgan fingerprint density at radius 1 is 0.462 bits per heavy atom. The van der Waals surface area contributed by atoms with E-state index in [4.69, 9.17) is 11.5 Å². The van der Waals surface area contributed by atoms with E-state index >= 15 is 0 Å². The molecule has 0 aliphatic rings. The summed E-state index contributed by atoms with van der Waals surface area (Å²) in [6.07, 6.45) is 42.5. The minimum Gasteiger partial charge on any atom is -0.370 e. The summed E-state index contributed by atoms with van der Waals surface area (Å²) >= 11 is 0. The number of unbranched alkanes of at least 4 members (excludes halogenated alkanes) is 18. The topological polar surface area (TPSA) is 86.2 Å². The SMILES string of the molecule is CCC(CCCCCC/C=C\CCCCCCCC(N)=O)CCCCCC/C=C\CCCCCCCC(N)=O. The first-order valence-corrected chi connectivity index (χ1v) is 16.9. The molecule has 0 bridgehead atoms. The molecule has 0 aliphatic carbocycles. The minimum absolute atomic E-state index is 0.167. The summed E-state index contributed by atoms with van der Waals surface area (Å²) in [5.74, 6) is 0.607. The predicted molar refractivity (Wildman–Crippen MR) is 170 cm³/mol. The Kier molecular flexibility index (Phi) is 29.7. The van der Waals surface area contributed by atoms with Crippen LogP contribution in [-0.2, 0) is 9.59 Å². The fraction of sp³-hybridized carbons (Fsp3) is 0.829. The number of rotatable bonds is 31. The molecule has 0 atom stereocenters. The third-order valence-corrected chi connectivity index (χ3v) is 7.96. The summed E-state index contributed by atoms with van der Waals surface area (Å²) in [6.45, 7) is 2.38. The molecule has 4 nitrogen and oxygen atoms in total. The molecular weight excluding hydrogens is 480 g/mol. The molecule has 0 aromatic rings. The normalized spacial score (nSPS) is 11.8. The first-order valence-electron chi connectivity index (χ1n) is 16.9. The van der Waals surface area contributed by atoms with Gasteiger partial charge < -0.3 is 11.5 Å². The van der Waals surface area contributed by atoms with Crippen molar-refractivity contribution in [3.8, 4) is 0 Å². The standard InChI is InChI=1S/C35H66N2O2/c1-2-33(29-25-21-17-13-9-5-3-7-11-15-19-23-27-31-34(36)38)30-26-22-18-14-10-6-4-8-12-16-20-24-28-32-35(37)39/h3-6,33H,2,7-32H2,1H3,(H2,36,38)(H2,37,39)/b5-3-,6-4-. The van der Waals surface area contributed by atoms with Crippen molar-refractivity contribution in [2.45, 2.75) is 180 Å². The molecule has 0 saturated heterocycles. The molecule has 228 valence electrons. The Balaban J connectivity index is 3.39. The molecular formula is C35H66N2O2. The molecule has 0 fully saturated rings. The van der Waals surface area contributed by atoms with Crippen molar-refractivity contribution in [2.75, 3.05) is 0 Å². The molecule has 4 N–H and O–H groups in total. The first-order chi connectivity index (χ1) is 19.1. The predicted octanol–water partition coefficient (Wildman–Crippen LogP) is 10.2. The fourth-order valence-corrected chi connectivity index (χ4v) is 5.30. The van der Waals surface area contributed by atoms with Crippen LogP contribution in [0.15, 0.2) is 24.3 Å². The van der Waals surface area contributed by atoms with Gasteiger partial charge in [0.25, 0.3) is 0 Å². The van der Waals surface area contributed by atoms with Crippen LogP contribution in [-0.4, -0.2) is 11.8 Å². The van der Waals surface area contributed by atoms with E-state index in [0.29, 0.717) is 12.8 Å². The Labute approximate surface area is 243 Å². The molecule has 0 aromatic carbocycles. The van der Waals surface area contributed by atoms with Gasteiger partial charge in [0.15, 0.2) is 0 Å².